The van der Waals surface area contributed by atoms with Gasteiger partial charge < -0.3 is 9.64 Å². The molecule has 1 aromatic heterocycles. The molecule has 0 bridgehead atoms. The zero-order chi connectivity index (χ0) is 15.2. The van der Waals surface area contributed by atoms with Crippen molar-refractivity contribution < 1.29 is 9.66 Å². The van der Waals surface area contributed by atoms with E-state index in [0.717, 1.165) is 5.69 Å². The Labute approximate surface area is 122 Å². The zero-order valence-corrected chi connectivity index (χ0v) is 11.9. The smallest absolute Gasteiger partial charge is 0.373 e. The molecule has 0 radical (unpaired) electrons. The number of nitrogens with zero attached hydrogens (tertiary/aromatic N) is 4. The summed E-state index contributed by atoms with van der Waals surface area (Å²) in [6.45, 7) is 4.49. The summed E-state index contributed by atoms with van der Waals surface area (Å²) in [4.78, 5) is 20.6. The van der Waals surface area contributed by atoms with Gasteiger partial charge in [0, 0.05) is 12.2 Å². The molecule has 7 heteroatoms. The second-order valence-electron chi connectivity index (χ2n) is 4.12. The minimum Gasteiger partial charge on any atom is -0.473 e. The topological polar surface area (TPSA) is 81.4 Å². The summed E-state index contributed by atoms with van der Waals surface area (Å²) in [5.74, 6) is 0.217. The molecular weight excluding hydrogens is 272 g/mol. The van der Waals surface area contributed by atoms with Gasteiger partial charge in [0.2, 0.25) is 5.82 Å². The molecule has 0 aliphatic rings. The average molecular weight is 288 g/mol. The highest BCUT2D eigenvalue weighted by Crippen LogP contribution is 2.36. The Kier molecular flexibility index (Phi) is 4.65. The van der Waals surface area contributed by atoms with Crippen LogP contribution in [0.15, 0.2) is 36.7 Å². The van der Waals surface area contributed by atoms with E-state index in [1.54, 1.807) is 11.8 Å². The molecule has 0 aliphatic carbocycles. The van der Waals surface area contributed by atoms with Crippen LogP contribution in [0.5, 0.6) is 5.88 Å². The lowest BCUT2D eigenvalue weighted by Gasteiger charge is -2.21. The zero-order valence-electron chi connectivity index (χ0n) is 11.9. The van der Waals surface area contributed by atoms with Gasteiger partial charge in [-0.2, -0.15) is 4.98 Å². The van der Waals surface area contributed by atoms with Crippen molar-refractivity contribution in [2.75, 3.05) is 18.1 Å². The summed E-state index contributed by atoms with van der Waals surface area (Å²) in [6.07, 6.45) is 1.28. The maximum absolute atomic E-state index is 11.4. The normalized spacial score (nSPS) is 10.2. The Hall–Kier alpha value is -2.70. The highest BCUT2D eigenvalue weighted by Gasteiger charge is 2.28. The van der Waals surface area contributed by atoms with Gasteiger partial charge >= 0.3 is 5.69 Å². The summed E-state index contributed by atoms with van der Waals surface area (Å²) in [5, 5.41) is 11.4. The van der Waals surface area contributed by atoms with E-state index in [0.29, 0.717) is 13.2 Å². The number of rotatable bonds is 6. The van der Waals surface area contributed by atoms with E-state index in [2.05, 4.69) is 9.97 Å². The van der Waals surface area contributed by atoms with E-state index in [1.807, 2.05) is 37.3 Å². The van der Waals surface area contributed by atoms with E-state index >= 15 is 0 Å². The first-order valence-corrected chi connectivity index (χ1v) is 6.63. The number of hydrogen-bond acceptors (Lipinski definition) is 6. The molecule has 0 fully saturated rings. The highest BCUT2D eigenvalue weighted by atomic mass is 16.6. The van der Waals surface area contributed by atoms with E-state index in [1.165, 1.54) is 6.33 Å². The van der Waals surface area contributed by atoms with Crippen LogP contribution in [0.4, 0.5) is 17.2 Å². The summed E-state index contributed by atoms with van der Waals surface area (Å²) in [7, 11) is 0. The minimum absolute atomic E-state index is 0.0121. The van der Waals surface area contributed by atoms with Crippen molar-refractivity contribution in [2.24, 2.45) is 0 Å². The van der Waals surface area contributed by atoms with E-state index in [4.69, 9.17) is 4.74 Å². The maximum atomic E-state index is 11.4. The molecule has 110 valence electrons. The molecule has 21 heavy (non-hydrogen) atoms. The molecule has 2 aromatic rings. The van der Waals surface area contributed by atoms with Gasteiger partial charge in [-0.1, -0.05) is 18.2 Å². The lowest BCUT2D eigenvalue weighted by molar-refractivity contribution is -0.385. The van der Waals surface area contributed by atoms with Gasteiger partial charge in [0.25, 0.3) is 5.88 Å². The third kappa shape index (κ3) is 3.07. The minimum atomic E-state index is -0.508. The summed E-state index contributed by atoms with van der Waals surface area (Å²) in [5.41, 5.74) is 0.606. The molecule has 0 unspecified atom stereocenters. The number of ether oxygens (including phenoxy) is 1. The van der Waals surface area contributed by atoms with Crippen molar-refractivity contribution in [3.63, 3.8) is 0 Å². The van der Waals surface area contributed by atoms with Gasteiger partial charge in [-0.05, 0) is 26.0 Å². The molecule has 1 heterocycles. The Balaban J connectivity index is 2.56. The van der Waals surface area contributed by atoms with Crippen LogP contribution in [0.3, 0.4) is 0 Å². The Morgan fingerprint density at radius 1 is 1.24 bits per heavy atom. The van der Waals surface area contributed by atoms with E-state index < -0.39 is 4.92 Å². The number of hydrogen-bond donors (Lipinski definition) is 0. The molecule has 2 rings (SSSR count). The highest BCUT2D eigenvalue weighted by molar-refractivity contribution is 5.70. The molecule has 0 amide bonds. The molecule has 0 N–H and O–H groups in total. The molecule has 0 spiro atoms. The van der Waals surface area contributed by atoms with Crippen LogP contribution >= 0.6 is 0 Å². The predicted octanol–water partition coefficient (Wildman–Crippen LogP) is 2.94. The van der Waals surface area contributed by atoms with Crippen molar-refractivity contribution in [1.82, 2.24) is 9.97 Å². The number of benzene rings is 1. The molecule has 0 saturated heterocycles. The van der Waals surface area contributed by atoms with Gasteiger partial charge in [0.1, 0.15) is 6.33 Å². The van der Waals surface area contributed by atoms with Crippen LogP contribution in [0.25, 0.3) is 0 Å². The average Bonchev–Trinajstić information content (AvgIpc) is 2.49. The molecule has 1 aromatic carbocycles. The number of aromatic nitrogens is 2. The van der Waals surface area contributed by atoms with Crippen LogP contribution in [0.1, 0.15) is 13.8 Å². The summed E-state index contributed by atoms with van der Waals surface area (Å²) >= 11 is 0. The van der Waals surface area contributed by atoms with Crippen LogP contribution in [0.2, 0.25) is 0 Å². The lowest BCUT2D eigenvalue weighted by atomic mass is 10.2. The van der Waals surface area contributed by atoms with Crippen LogP contribution < -0.4 is 9.64 Å². The second kappa shape index (κ2) is 6.65. The fourth-order valence-electron chi connectivity index (χ4n) is 2.02. The SMILES string of the molecule is CCOc1ncnc(N(CC)c2ccccc2)c1[N+](=O)[O-]. The first-order valence-electron chi connectivity index (χ1n) is 6.63. The first kappa shape index (κ1) is 14.7. The third-order valence-corrected chi connectivity index (χ3v) is 2.87. The Morgan fingerprint density at radius 3 is 2.52 bits per heavy atom. The standard InChI is InChI=1S/C14H16N4O3/c1-3-17(11-8-6-5-7-9-11)13-12(18(19)20)14(21-4-2)16-10-15-13/h5-10H,3-4H2,1-2H3. The van der Waals surface area contributed by atoms with Gasteiger partial charge in [-0.3, -0.25) is 10.1 Å². The van der Waals surface area contributed by atoms with Gasteiger partial charge in [0.05, 0.1) is 11.5 Å². The van der Waals surface area contributed by atoms with E-state index in [9.17, 15) is 10.1 Å². The summed E-state index contributed by atoms with van der Waals surface area (Å²) < 4.78 is 5.25. The van der Waals surface area contributed by atoms with Crippen molar-refractivity contribution in [2.45, 2.75) is 13.8 Å². The van der Waals surface area contributed by atoms with Crippen LogP contribution in [-0.2, 0) is 0 Å². The fraction of sp³-hybridized carbons (Fsp3) is 0.286. The maximum Gasteiger partial charge on any atom is 0.373 e. The third-order valence-electron chi connectivity index (χ3n) is 2.87. The van der Waals surface area contributed by atoms with Crippen molar-refractivity contribution in [1.29, 1.82) is 0 Å². The van der Waals surface area contributed by atoms with E-state index in [-0.39, 0.29) is 17.4 Å². The molecule has 0 atom stereocenters. The van der Waals surface area contributed by atoms with Gasteiger partial charge in [-0.15, -0.1) is 0 Å². The van der Waals surface area contributed by atoms with Crippen LogP contribution in [0, 0.1) is 10.1 Å². The number of nitro groups is 1. The van der Waals surface area contributed by atoms with Crippen molar-refractivity contribution in [3.8, 4) is 5.88 Å². The first-order chi connectivity index (χ1) is 10.2. The molecule has 7 nitrogen and oxygen atoms in total. The molecule has 0 aliphatic heterocycles. The van der Waals surface area contributed by atoms with Gasteiger partial charge in [-0.25, -0.2) is 4.98 Å². The molecular formula is C14H16N4O3. The fourth-order valence-corrected chi connectivity index (χ4v) is 2.02. The summed E-state index contributed by atoms with van der Waals surface area (Å²) in [6, 6.07) is 9.37. The van der Waals surface area contributed by atoms with Gasteiger partial charge in [0.15, 0.2) is 0 Å². The Morgan fingerprint density at radius 2 is 1.95 bits per heavy atom. The quantitative estimate of drug-likeness (QED) is 0.600. The number of anilines is 2. The lowest BCUT2D eigenvalue weighted by Crippen LogP contribution is -2.19. The number of para-hydroxylation sites is 1. The van der Waals surface area contributed by atoms with Crippen molar-refractivity contribution >= 4 is 17.2 Å². The molecule has 0 saturated carbocycles. The predicted molar refractivity (Wildman–Crippen MR) is 79.0 cm³/mol. The largest absolute Gasteiger partial charge is 0.473 e. The van der Waals surface area contributed by atoms with Crippen LogP contribution in [-0.4, -0.2) is 28.0 Å². The Bertz CT molecular complexity index is 619. The second-order valence-corrected chi connectivity index (χ2v) is 4.12. The monoisotopic (exact) mass is 288 g/mol. The van der Waals surface area contributed by atoms with Crippen molar-refractivity contribution in [3.05, 3.63) is 46.8 Å².